The summed E-state index contributed by atoms with van der Waals surface area (Å²) in [6.45, 7) is 0.860. The highest BCUT2D eigenvalue weighted by Gasteiger charge is 2.33. The number of rotatable bonds is 8. The number of carbonyl (C=O) groups is 2. The molecular weight excluding hydrogens is 442 g/mol. The molecule has 1 fully saturated rings. The van der Waals surface area contributed by atoms with Crippen LogP contribution in [0, 0.1) is 0 Å². The highest BCUT2D eigenvalue weighted by Crippen LogP contribution is 2.25. The van der Waals surface area contributed by atoms with Gasteiger partial charge in [-0.1, -0.05) is 5.16 Å². The summed E-state index contributed by atoms with van der Waals surface area (Å²) in [7, 11) is 4.50. The van der Waals surface area contributed by atoms with E-state index >= 15 is 0 Å². The summed E-state index contributed by atoms with van der Waals surface area (Å²) in [5, 5.41) is 6.86. The molecule has 2 amide bonds. The number of carbonyl (C=O) groups excluding carboxylic acids is 2. The van der Waals surface area contributed by atoms with Gasteiger partial charge in [-0.3, -0.25) is 14.6 Å². The second kappa shape index (κ2) is 10.2. The Morgan fingerprint density at radius 2 is 1.71 bits per heavy atom. The summed E-state index contributed by atoms with van der Waals surface area (Å²) >= 11 is 0. The van der Waals surface area contributed by atoms with Gasteiger partial charge in [-0.15, -0.1) is 0 Å². The number of benzene rings is 1. The van der Waals surface area contributed by atoms with Gasteiger partial charge in [-0.05, 0) is 36.8 Å². The molecule has 0 spiro atoms. The molecule has 0 bridgehead atoms. The molecule has 11 heteroatoms. The van der Waals surface area contributed by atoms with Crippen LogP contribution in [0.3, 0.4) is 0 Å². The Morgan fingerprint density at radius 1 is 0.941 bits per heavy atom. The van der Waals surface area contributed by atoms with Gasteiger partial charge in [0.15, 0.2) is 0 Å². The number of hydrogen-bond donors (Lipinski definition) is 0. The minimum atomic E-state index is -0.363. The van der Waals surface area contributed by atoms with Crippen LogP contribution >= 0.6 is 0 Å². The third-order valence-corrected chi connectivity index (χ3v) is 5.39. The lowest BCUT2D eigenvalue weighted by molar-refractivity contribution is -0.140. The normalized spacial score (nSPS) is 13.1. The topological polar surface area (TPSA) is 120 Å². The summed E-state index contributed by atoms with van der Waals surface area (Å²) in [6.07, 6.45) is 1.05. The lowest BCUT2D eigenvalue weighted by atomic mass is 10.2. The molecular formula is C23H25N5O6. The lowest BCUT2D eigenvalue weighted by Crippen LogP contribution is -2.45. The van der Waals surface area contributed by atoms with Crippen molar-refractivity contribution in [2.45, 2.75) is 19.3 Å². The monoisotopic (exact) mass is 467 g/mol. The number of ether oxygens (including phenoxy) is 3. The van der Waals surface area contributed by atoms with E-state index in [1.54, 1.807) is 31.4 Å². The third-order valence-electron chi connectivity index (χ3n) is 5.39. The zero-order valence-corrected chi connectivity index (χ0v) is 19.2. The van der Waals surface area contributed by atoms with Gasteiger partial charge in [-0.2, -0.15) is 9.97 Å². The number of pyridine rings is 1. The van der Waals surface area contributed by atoms with Crippen LogP contribution in [0.2, 0.25) is 0 Å². The number of hydrogen-bond acceptors (Lipinski definition) is 9. The molecule has 11 nitrogen and oxygen atoms in total. The summed E-state index contributed by atoms with van der Waals surface area (Å²) in [4.78, 5) is 34.6. The Labute approximate surface area is 196 Å². The molecule has 0 aliphatic carbocycles. The standard InChI is InChI=1S/C23H25N5O6/c1-31-16-7-5-15(6-8-16)21-24-19(34-26-21)11-12-20(29)27-13-4-14-28(27)23(30)17-9-10-18(32-2)25-22(17)33-3/h5-10H,4,11-14H2,1-3H3. The van der Waals surface area contributed by atoms with Crippen molar-refractivity contribution in [2.24, 2.45) is 0 Å². The van der Waals surface area contributed by atoms with E-state index < -0.39 is 0 Å². The molecule has 1 aliphatic heterocycles. The second-order valence-corrected chi connectivity index (χ2v) is 7.45. The molecule has 1 aromatic carbocycles. The molecule has 3 aromatic rings. The molecule has 0 radical (unpaired) electrons. The SMILES string of the molecule is COc1ccc(-c2noc(CCC(=O)N3CCCN3C(=O)c3ccc(OC)nc3OC)n2)cc1. The zero-order chi connectivity index (χ0) is 24.1. The van der Waals surface area contributed by atoms with Crippen molar-refractivity contribution >= 4 is 11.8 Å². The van der Waals surface area contributed by atoms with Crippen molar-refractivity contribution in [1.82, 2.24) is 25.1 Å². The number of amides is 2. The Balaban J connectivity index is 1.40. The fraction of sp³-hybridized carbons (Fsp3) is 0.348. The fourth-order valence-electron chi connectivity index (χ4n) is 3.63. The Morgan fingerprint density at radius 3 is 2.41 bits per heavy atom. The van der Waals surface area contributed by atoms with Crippen molar-refractivity contribution in [3.63, 3.8) is 0 Å². The molecule has 34 heavy (non-hydrogen) atoms. The third kappa shape index (κ3) is 4.77. The van der Waals surface area contributed by atoms with E-state index in [9.17, 15) is 9.59 Å². The fourth-order valence-corrected chi connectivity index (χ4v) is 3.63. The number of aromatic nitrogens is 3. The first-order chi connectivity index (χ1) is 16.5. The lowest BCUT2D eigenvalue weighted by Gasteiger charge is -2.28. The van der Waals surface area contributed by atoms with Crippen LogP contribution in [0.1, 0.15) is 29.1 Å². The highest BCUT2D eigenvalue weighted by molar-refractivity contribution is 5.97. The average Bonchev–Trinajstić information content (AvgIpc) is 3.57. The highest BCUT2D eigenvalue weighted by atomic mass is 16.5. The minimum Gasteiger partial charge on any atom is -0.497 e. The van der Waals surface area contributed by atoms with Crippen molar-refractivity contribution < 1.29 is 28.3 Å². The number of aryl methyl sites for hydroxylation is 1. The van der Waals surface area contributed by atoms with Crippen LogP contribution in [-0.2, 0) is 11.2 Å². The predicted octanol–water partition coefficient (Wildman–Crippen LogP) is 2.38. The van der Waals surface area contributed by atoms with Crippen LogP contribution in [0.25, 0.3) is 11.4 Å². The Kier molecular flexibility index (Phi) is 6.90. The van der Waals surface area contributed by atoms with E-state index in [1.165, 1.54) is 24.2 Å². The maximum absolute atomic E-state index is 13.1. The van der Waals surface area contributed by atoms with Crippen molar-refractivity contribution in [1.29, 1.82) is 0 Å². The van der Waals surface area contributed by atoms with Gasteiger partial charge < -0.3 is 18.7 Å². The average molecular weight is 467 g/mol. The predicted molar refractivity (Wildman–Crippen MR) is 119 cm³/mol. The number of hydrazine groups is 1. The maximum atomic E-state index is 13.1. The van der Waals surface area contributed by atoms with Gasteiger partial charge in [-0.25, -0.2) is 5.01 Å². The van der Waals surface area contributed by atoms with Gasteiger partial charge in [0.2, 0.25) is 29.4 Å². The second-order valence-electron chi connectivity index (χ2n) is 7.45. The van der Waals surface area contributed by atoms with E-state index in [2.05, 4.69) is 15.1 Å². The van der Waals surface area contributed by atoms with Gasteiger partial charge in [0.05, 0.1) is 21.3 Å². The van der Waals surface area contributed by atoms with Crippen LogP contribution in [0.5, 0.6) is 17.5 Å². The first-order valence-electron chi connectivity index (χ1n) is 10.7. The van der Waals surface area contributed by atoms with Crippen LogP contribution in [0.4, 0.5) is 0 Å². The van der Waals surface area contributed by atoms with Gasteiger partial charge in [0, 0.05) is 37.6 Å². The van der Waals surface area contributed by atoms with Gasteiger partial charge >= 0.3 is 0 Å². The Hall–Kier alpha value is -4.15. The molecule has 2 aromatic heterocycles. The van der Waals surface area contributed by atoms with Crippen molar-refractivity contribution in [3.05, 3.63) is 47.9 Å². The molecule has 178 valence electrons. The summed E-state index contributed by atoms with van der Waals surface area (Å²) in [5.41, 5.74) is 1.03. The van der Waals surface area contributed by atoms with Crippen LogP contribution in [0.15, 0.2) is 40.9 Å². The molecule has 0 atom stereocenters. The molecule has 0 saturated carbocycles. The smallest absolute Gasteiger partial charge is 0.277 e. The van der Waals surface area contributed by atoms with E-state index in [4.69, 9.17) is 18.7 Å². The van der Waals surface area contributed by atoms with Crippen LogP contribution in [-0.4, -0.2) is 71.4 Å². The molecule has 1 aliphatic rings. The zero-order valence-electron chi connectivity index (χ0n) is 19.2. The number of methoxy groups -OCH3 is 3. The van der Waals surface area contributed by atoms with Gasteiger partial charge in [0.25, 0.3) is 5.91 Å². The molecule has 0 unspecified atom stereocenters. The molecule has 3 heterocycles. The first-order valence-corrected chi connectivity index (χ1v) is 10.7. The largest absolute Gasteiger partial charge is 0.497 e. The molecule has 0 N–H and O–H groups in total. The summed E-state index contributed by atoms with van der Waals surface area (Å²) in [5.74, 6) is 1.40. The van der Waals surface area contributed by atoms with Crippen LogP contribution < -0.4 is 14.2 Å². The number of nitrogens with zero attached hydrogens (tertiary/aromatic N) is 5. The van der Waals surface area contributed by atoms with E-state index in [1.807, 2.05) is 12.1 Å². The van der Waals surface area contributed by atoms with Gasteiger partial charge in [0.1, 0.15) is 11.3 Å². The Bertz CT molecular complexity index is 1160. The quantitative estimate of drug-likeness (QED) is 0.492. The van der Waals surface area contributed by atoms with Crippen molar-refractivity contribution in [3.8, 4) is 28.9 Å². The molecule has 4 rings (SSSR count). The summed E-state index contributed by atoms with van der Waals surface area (Å²) in [6, 6.07) is 10.4. The maximum Gasteiger partial charge on any atom is 0.277 e. The van der Waals surface area contributed by atoms with E-state index in [0.717, 1.165) is 11.3 Å². The van der Waals surface area contributed by atoms with Crippen molar-refractivity contribution in [2.75, 3.05) is 34.4 Å². The first kappa shape index (κ1) is 23.0. The van der Waals surface area contributed by atoms with E-state index in [0.29, 0.717) is 37.1 Å². The molecule has 1 saturated heterocycles. The summed E-state index contributed by atoms with van der Waals surface area (Å²) < 4.78 is 20.8. The minimum absolute atomic E-state index is 0.117. The van der Waals surface area contributed by atoms with E-state index in [-0.39, 0.29) is 36.1 Å².